The number of nitrogens with one attached hydrogen (secondary N) is 1. The normalized spacial score (nSPS) is 14.8. The van der Waals surface area contributed by atoms with Crippen LogP contribution in [0, 0.1) is 0 Å². The fourth-order valence-corrected chi connectivity index (χ4v) is 4.49. The quantitative estimate of drug-likeness (QED) is 0.335. The van der Waals surface area contributed by atoms with Crippen LogP contribution in [-0.4, -0.2) is 18.1 Å². The van der Waals surface area contributed by atoms with Gasteiger partial charge in [-0.25, -0.2) is 0 Å². The van der Waals surface area contributed by atoms with Crippen LogP contribution in [0.5, 0.6) is 23.0 Å². The molecule has 4 aromatic rings. The van der Waals surface area contributed by atoms with Gasteiger partial charge in [0.05, 0.1) is 13.2 Å². The first-order valence-electron chi connectivity index (χ1n) is 11.2. The number of phenolic OH excluding ortho intramolecular Hbond substituents is 1. The molecule has 0 bridgehead atoms. The van der Waals surface area contributed by atoms with Gasteiger partial charge in [-0.1, -0.05) is 60.7 Å². The summed E-state index contributed by atoms with van der Waals surface area (Å²) in [6, 6.07) is 28.2. The summed E-state index contributed by atoms with van der Waals surface area (Å²) in [5.74, 6) is 1.58. The SMILES string of the molecule is COc1ccc2c(c1)Oc1cc(O)ccc1[C@H]2c1ccccc1C(=O)NC(C)c1ccccc1. The van der Waals surface area contributed by atoms with Crippen LogP contribution < -0.4 is 14.8 Å². The zero-order chi connectivity index (χ0) is 23.7. The van der Waals surface area contributed by atoms with E-state index in [1.165, 1.54) is 0 Å². The Bertz CT molecular complexity index is 1350. The number of carbonyl (C=O) groups is 1. The van der Waals surface area contributed by atoms with Gasteiger partial charge in [0, 0.05) is 34.7 Å². The Kier molecular flexibility index (Phi) is 5.68. The second-order valence-corrected chi connectivity index (χ2v) is 8.35. The number of aromatic hydroxyl groups is 1. The number of methoxy groups -OCH3 is 1. The molecule has 1 unspecified atom stereocenters. The molecule has 1 aliphatic rings. The number of ether oxygens (including phenoxy) is 2. The molecular weight excluding hydrogens is 426 g/mol. The van der Waals surface area contributed by atoms with Crippen LogP contribution in [0.15, 0.2) is 91.0 Å². The third-order valence-corrected chi connectivity index (χ3v) is 6.22. The predicted octanol–water partition coefficient (Wildman–Crippen LogP) is 6.18. The summed E-state index contributed by atoms with van der Waals surface area (Å²) < 4.78 is 11.5. The zero-order valence-corrected chi connectivity index (χ0v) is 19.0. The minimum Gasteiger partial charge on any atom is -0.508 e. The maximum absolute atomic E-state index is 13.5. The van der Waals surface area contributed by atoms with Gasteiger partial charge in [0.25, 0.3) is 5.91 Å². The lowest BCUT2D eigenvalue weighted by molar-refractivity contribution is 0.0938. The van der Waals surface area contributed by atoms with Gasteiger partial charge in [0.1, 0.15) is 23.0 Å². The van der Waals surface area contributed by atoms with E-state index < -0.39 is 0 Å². The molecule has 5 nitrogen and oxygen atoms in total. The summed E-state index contributed by atoms with van der Waals surface area (Å²) >= 11 is 0. The molecule has 0 spiro atoms. The Balaban J connectivity index is 1.59. The number of hydrogen-bond acceptors (Lipinski definition) is 4. The molecule has 4 aromatic carbocycles. The summed E-state index contributed by atoms with van der Waals surface area (Å²) in [5.41, 5.74) is 4.31. The fourth-order valence-electron chi connectivity index (χ4n) is 4.49. The number of fused-ring (bicyclic) bond motifs is 2. The lowest BCUT2D eigenvalue weighted by Crippen LogP contribution is -2.28. The zero-order valence-electron chi connectivity index (χ0n) is 19.0. The summed E-state index contributed by atoms with van der Waals surface area (Å²) in [7, 11) is 1.61. The number of phenols is 1. The maximum Gasteiger partial charge on any atom is 0.252 e. The van der Waals surface area contributed by atoms with Gasteiger partial charge in [-0.3, -0.25) is 4.79 Å². The molecule has 170 valence electrons. The summed E-state index contributed by atoms with van der Waals surface area (Å²) in [6.07, 6.45) is 0. The molecule has 0 fully saturated rings. The molecule has 2 N–H and O–H groups in total. The van der Waals surface area contributed by atoms with E-state index in [4.69, 9.17) is 9.47 Å². The van der Waals surface area contributed by atoms with E-state index >= 15 is 0 Å². The van der Waals surface area contributed by atoms with E-state index in [9.17, 15) is 9.90 Å². The van der Waals surface area contributed by atoms with Crippen molar-refractivity contribution in [2.75, 3.05) is 7.11 Å². The highest BCUT2D eigenvalue weighted by molar-refractivity contribution is 5.96. The van der Waals surface area contributed by atoms with Crippen molar-refractivity contribution in [3.8, 4) is 23.0 Å². The third kappa shape index (κ3) is 3.97. The molecule has 0 saturated heterocycles. The standard InChI is InChI=1S/C29H25NO4/c1-18(19-8-4-3-5-9-19)30-29(32)23-11-7-6-10-22(23)28-24-14-12-20(31)16-26(24)34-27-17-21(33-2)13-15-25(27)28/h3-18,28,31H,1-2H3,(H,30,32)/t18?,28-/m1/s1. The summed E-state index contributed by atoms with van der Waals surface area (Å²) in [4.78, 5) is 13.5. The molecule has 0 saturated carbocycles. The first-order valence-corrected chi connectivity index (χ1v) is 11.2. The van der Waals surface area contributed by atoms with Crippen molar-refractivity contribution in [3.63, 3.8) is 0 Å². The first kappa shape index (κ1) is 21.6. The Morgan fingerprint density at radius 3 is 2.32 bits per heavy atom. The van der Waals surface area contributed by atoms with Crippen LogP contribution >= 0.6 is 0 Å². The van der Waals surface area contributed by atoms with E-state index in [0.29, 0.717) is 22.8 Å². The van der Waals surface area contributed by atoms with Gasteiger partial charge in [-0.05, 0) is 36.2 Å². The van der Waals surface area contributed by atoms with Crippen LogP contribution in [0.2, 0.25) is 0 Å². The summed E-state index contributed by atoms with van der Waals surface area (Å²) in [5, 5.41) is 13.2. The van der Waals surface area contributed by atoms with Crippen molar-refractivity contribution >= 4 is 5.91 Å². The third-order valence-electron chi connectivity index (χ3n) is 6.22. The van der Waals surface area contributed by atoms with E-state index in [-0.39, 0.29) is 23.6 Å². The topological polar surface area (TPSA) is 67.8 Å². The van der Waals surface area contributed by atoms with Crippen LogP contribution in [-0.2, 0) is 0 Å². The number of benzene rings is 4. The van der Waals surface area contributed by atoms with Crippen molar-refractivity contribution in [2.24, 2.45) is 0 Å². The van der Waals surface area contributed by atoms with E-state index in [1.807, 2.05) is 85.8 Å². The Labute approximate surface area is 198 Å². The lowest BCUT2D eigenvalue weighted by atomic mass is 9.80. The minimum absolute atomic E-state index is 0.117. The second kappa shape index (κ2) is 8.94. The maximum atomic E-state index is 13.5. The number of rotatable bonds is 5. The predicted molar refractivity (Wildman–Crippen MR) is 131 cm³/mol. The highest BCUT2D eigenvalue weighted by atomic mass is 16.5. The number of hydrogen-bond donors (Lipinski definition) is 2. The molecule has 5 rings (SSSR count). The van der Waals surface area contributed by atoms with Crippen molar-refractivity contribution in [2.45, 2.75) is 18.9 Å². The lowest BCUT2D eigenvalue weighted by Gasteiger charge is -2.30. The van der Waals surface area contributed by atoms with Gasteiger partial charge in [-0.2, -0.15) is 0 Å². The average Bonchev–Trinajstić information content (AvgIpc) is 2.87. The van der Waals surface area contributed by atoms with Gasteiger partial charge in [0.2, 0.25) is 0 Å². The Morgan fingerprint density at radius 2 is 1.56 bits per heavy atom. The van der Waals surface area contributed by atoms with E-state index in [2.05, 4.69) is 5.32 Å². The molecular formula is C29H25NO4. The first-order chi connectivity index (χ1) is 16.5. The Morgan fingerprint density at radius 1 is 0.882 bits per heavy atom. The monoisotopic (exact) mass is 451 g/mol. The average molecular weight is 452 g/mol. The van der Waals surface area contributed by atoms with Gasteiger partial charge in [0.15, 0.2) is 0 Å². The van der Waals surface area contributed by atoms with Crippen molar-refractivity contribution in [1.29, 1.82) is 0 Å². The largest absolute Gasteiger partial charge is 0.508 e. The molecule has 1 amide bonds. The highest BCUT2D eigenvalue weighted by Gasteiger charge is 2.32. The summed E-state index contributed by atoms with van der Waals surface area (Å²) in [6.45, 7) is 1.98. The van der Waals surface area contributed by atoms with E-state index in [1.54, 1.807) is 19.2 Å². The van der Waals surface area contributed by atoms with Gasteiger partial charge in [-0.15, -0.1) is 0 Å². The molecule has 34 heavy (non-hydrogen) atoms. The van der Waals surface area contributed by atoms with Crippen molar-refractivity contribution < 1.29 is 19.4 Å². The highest BCUT2D eigenvalue weighted by Crippen LogP contribution is 2.49. The molecule has 5 heteroatoms. The van der Waals surface area contributed by atoms with Crippen LogP contribution in [0.3, 0.4) is 0 Å². The van der Waals surface area contributed by atoms with Crippen LogP contribution in [0.4, 0.5) is 0 Å². The molecule has 0 aliphatic carbocycles. The number of carbonyl (C=O) groups excluding carboxylic acids is 1. The molecule has 0 radical (unpaired) electrons. The van der Waals surface area contributed by atoms with E-state index in [0.717, 1.165) is 22.3 Å². The Hall–Kier alpha value is -4.25. The van der Waals surface area contributed by atoms with Crippen molar-refractivity contribution in [3.05, 3.63) is 119 Å². The van der Waals surface area contributed by atoms with Gasteiger partial charge >= 0.3 is 0 Å². The minimum atomic E-state index is -0.251. The van der Waals surface area contributed by atoms with Crippen molar-refractivity contribution in [1.82, 2.24) is 5.32 Å². The van der Waals surface area contributed by atoms with Crippen LogP contribution in [0.25, 0.3) is 0 Å². The molecule has 0 aromatic heterocycles. The molecule has 2 atom stereocenters. The number of amides is 1. The second-order valence-electron chi connectivity index (χ2n) is 8.35. The molecule has 1 heterocycles. The fraction of sp³-hybridized carbons (Fsp3) is 0.138. The van der Waals surface area contributed by atoms with Gasteiger partial charge < -0.3 is 19.9 Å². The molecule has 1 aliphatic heterocycles. The smallest absolute Gasteiger partial charge is 0.252 e. The van der Waals surface area contributed by atoms with Crippen LogP contribution in [0.1, 0.15) is 51.5 Å².